The summed E-state index contributed by atoms with van der Waals surface area (Å²) in [6, 6.07) is 12.8. The molecule has 182 valence electrons. The van der Waals surface area contributed by atoms with Gasteiger partial charge >= 0.3 is 5.63 Å². The van der Waals surface area contributed by atoms with Gasteiger partial charge in [-0.25, -0.2) is 19.3 Å². The van der Waals surface area contributed by atoms with Crippen molar-refractivity contribution in [1.82, 2.24) is 19.6 Å². The monoisotopic (exact) mass is 484 g/mol. The first kappa shape index (κ1) is 22.1. The van der Waals surface area contributed by atoms with Crippen LogP contribution < -0.4 is 19.8 Å². The third-order valence-electron chi connectivity index (χ3n) is 6.37. The average Bonchev–Trinajstić information content (AvgIpc) is 3.33. The number of hydrogen-bond acceptors (Lipinski definition) is 8. The summed E-state index contributed by atoms with van der Waals surface area (Å²) < 4.78 is 24.7. The van der Waals surface area contributed by atoms with Gasteiger partial charge in [0.15, 0.2) is 28.7 Å². The first-order valence-electron chi connectivity index (χ1n) is 11.5. The Bertz CT molecular complexity index is 1710. The topological polar surface area (TPSA) is 101 Å². The van der Waals surface area contributed by atoms with E-state index in [9.17, 15) is 4.79 Å². The minimum Gasteiger partial charge on any atom is -0.493 e. The van der Waals surface area contributed by atoms with Gasteiger partial charge in [0.2, 0.25) is 5.88 Å². The highest BCUT2D eigenvalue weighted by Crippen LogP contribution is 2.49. The lowest BCUT2D eigenvalue weighted by Crippen LogP contribution is -2.22. The van der Waals surface area contributed by atoms with Gasteiger partial charge in [0.25, 0.3) is 0 Å². The molecule has 0 saturated heterocycles. The molecule has 1 unspecified atom stereocenters. The van der Waals surface area contributed by atoms with Crippen LogP contribution >= 0.6 is 0 Å². The highest BCUT2D eigenvalue weighted by molar-refractivity contribution is 5.86. The van der Waals surface area contributed by atoms with E-state index in [1.807, 2.05) is 57.2 Å². The summed E-state index contributed by atoms with van der Waals surface area (Å²) in [6.45, 7) is 6.13. The van der Waals surface area contributed by atoms with E-state index in [1.165, 1.54) is 0 Å². The second-order valence-corrected chi connectivity index (χ2v) is 9.69. The van der Waals surface area contributed by atoms with Crippen LogP contribution in [0.25, 0.3) is 16.6 Å². The van der Waals surface area contributed by atoms with Gasteiger partial charge in [-0.1, -0.05) is 39.0 Å². The Labute approximate surface area is 206 Å². The van der Waals surface area contributed by atoms with Crippen molar-refractivity contribution >= 4 is 16.6 Å². The van der Waals surface area contributed by atoms with Gasteiger partial charge in [-0.2, -0.15) is 0 Å². The number of ether oxygens (including phenoxy) is 3. The van der Waals surface area contributed by atoms with E-state index in [1.54, 1.807) is 31.1 Å². The molecule has 0 saturated carbocycles. The van der Waals surface area contributed by atoms with E-state index in [-0.39, 0.29) is 5.41 Å². The van der Waals surface area contributed by atoms with E-state index in [4.69, 9.17) is 23.6 Å². The number of benzene rings is 2. The maximum atomic E-state index is 13.5. The fourth-order valence-electron chi connectivity index (χ4n) is 4.61. The Balaban J connectivity index is 1.71. The molecule has 36 heavy (non-hydrogen) atoms. The first-order chi connectivity index (χ1) is 17.3. The molecule has 3 aromatic heterocycles. The van der Waals surface area contributed by atoms with Crippen molar-refractivity contribution < 1.29 is 18.6 Å². The predicted molar refractivity (Wildman–Crippen MR) is 133 cm³/mol. The SMILES string of the molecule is COc1ccc(C2c3c(c4ccccc4oc3=O)Oc3ncn4nc(C(C)(C)C)nc4c32)cc1OC. The molecular formula is C27H24N4O5. The Hall–Kier alpha value is -4.40. The molecular weight excluding hydrogens is 460 g/mol. The lowest BCUT2D eigenvalue weighted by molar-refractivity contribution is 0.354. The van der Waals surface area contributed by atoms with Crippen LogP contribution in [0.4, 0.5) is 0 Å². The minimum atomic E-state index is -0.599. The molecule has 0 fully saturated rings. The van der Waals surface area contributed by atoms with Crippen molar-refractivity contribution in [3.05, 3.63) is 81.7 Å². The summed E-state index contributed by atoms with van der Waals surface area (Å²) in [4.78, 5) is 22.9. The maximum Gasteiger partial charge on any atom is 0.344 e. The molecule has 1 aliphatic rings. The zero-order valence-corrected chi connectivity index (χ0v) is 20.5. The molecule has 0 amide bonds. The Morgan fingerprint density at radius 3 is 2.53 bits per heavy atom. The van der Waals surface area contributed by atoms with Gasteiger partial charge in [-0.05, 0) is 29.8 Å². The second-order valence-electron chi connectivity index (χ2n) is 9.69. The van der Waals surface area contributed by atoms with Crippen LogP contribution in [0.3, 0.4) is 0 Å². The van der Waals surface area contributed by atoms with Crippen LogP contribution in [-0.2, 0) is 5.41 Å². The van der Waals surface area contributed by atoms with Gasteiger partial charge in [0.1, 0.15) is 11.9 Å². The van der Waals surface area contributed by atoms with E-state index < -0.39 is 11.5 Å². The number of hydrogen-bond donors (Lipinski definition) is 0. The smallest absolute Gasteiger partial charge is 0.344 e. The summed E-state index contributed by atoms with van der Waals surface area (Å²) in [7, 11) is 3.15. The lowest BCUT2D eigenvalue weighted by atomic mass is 9.84. The van der Waals surface area contributed by atoms with Crippen molar-refractivity contribution in [1.29, 1.82) is 0 Å². The molecule has 1 atom stereocenters. The summed E-state index contributed by atoms with van der Waals surface area (Å²) in [5.74, 6) is 1.94. The molecule has 0 radical (unpaired) electrons. The van der Waals surface area contributed by atoms with Crippen LogP contribution in [0.2, 0.25) is 0 Å². The Kier molecular flexibility index (Phi) is 4.79. The molecule has 0 bridgehead atoms. The third kappa shape index (κ3) is 3.23. The van der Waals surface area contributed by atoms with Crippen molar-refractivity contribution in [2.45, 2.75) is 32.1 Å². The lowest BCUT2D eigenvalue weighted by Gasteiger charge is -2.27. The molecule has 1 aliphatic heterocycles. The molecule has 9 heteroatoms. The summed E-state index contributed by atoms with van der Waals surface area (Å²) in [6.07, 6.45) is 1.58. The minimum absolute atomic E-state index is 0.291. The highest BCUT2D eigenvalue weighted by atomic mass is 16.5. The fraction of sp³-hybridized carbons (Fsp3) is 0.259. The molecule has 0 N–H and O–H groups in total. The molecule has 4 heterocycles. The van der Waals surface area contributed by atoms with Crippen molar-refractivity contribution in [2.24, 2.45) is 0 Å². The normalized spacial score (nSPS) is 14.9. The zero-order valence-electron chi connectivity index (χ0n) is 20.5. The molecule has 0 aliphatic carbocycles. The molecule has 6 rings (SSSR count). The van der Waals surface area contributed by atoms with Crippen LogP contribution in [0, 0.1) is 0 Å². The quantitative estimate of drug-likeness (QED) is 0.329. The number of fused-ring (bicyclic) bond motifs is 6. The van der Waals surface area contributed by atoms with Crippen molar-refractivity contribution in [3.8, 4) is 23.1 Å². The number of para-hydroxylation sites is 1. The Morgan fingerprint density at radius 1 is 1.00 bits per heavy atom. The standard InChI is InChI=1S/C27H24N4O5/c1-27(2,3)26-29-23-21-19(14-10-11-17(33-4)18(12-14)34-5)20-22(36-24(21)28-13-31(23)30-26)15-8-6-7-9-16(15)35-25(20)32/h6-13,19H,1-5H3. The maximum absolute atomic E-state index is 13.5. The van der Waals surface area contributed by atoms with Crippen LogP contribution in [0.5, 0.6) is 23.1 Å². The van der Waals surface area contributed by atoms with Gasteiger partial charge < -0.3 is 18.6 Å². The van der Waals surface area contributed by atoms with Crippen LogP contribution in [0.15, 0.2) is 58.0 Å². The highest BCUT2D eigenvalue weighted by Gasteiger charge is 2.38. The molecule has 0 spiro atoms. The van der Waals surface area contributed by atoms with E-state index in [2.05, 4.69) is 10.1 Å². The summed E-state index contributed by atoms with van der Waals surface area (Å²) in [5.41, 5.74) is 1.98. The molecule has 9 nitrogen and oxygen atoms in total. The molecule has 5 aromatic rings. The van der Waals surface area contributed by atoms with Crippen LogP contribution in [-0.4, -0.2) is 33.8 Å². The van der Waals surface area contributed by atoms with E-state index in [0.29, 0.717) is 56.7 Å². The Morgan fingerprint density at radius 2 is 1.78 bits per heavy atom. The first-order valence-corrected chi connectivity index (χ1v) is 11.5. The number of methoxy groups -OCH3 is 2. The van der Waals surface area contributed by atoms with Crippen molar-refractivity contribution in [3.63, 3.8) is 0 Å². The van der Waals surface area contributed by atoms with Gasteiger partial charge in [-0.15, -0.1) is 5.10 Å². The number of aromatic nitrogens is 4. The van der Waals surface area contributed by atoms with E-state index >= 15 is 0 Å². The largest absolute Gasteiger partial charge is 0.493 e. The summed E-state index contributed by atoms with van der Waals surface area (Å²) in [5, 5.41) is 5.33. The third-order valence-corrected chi connectivity index (χ3v) is 6.37. The number of rotatable bonds is 3. The zero-order chi connectivity index (χ0) is 25.2. The van der Waals surface area contributed by atoms with Gasteiger partial charge in [0.05, 0.1) is 36.7 Å². The molecule has 2 aromatic carbocycles. The average molecular weight is 485 g/mol. The van der Waals surface area contributed by atoms with E-state index in [0.717, 1.165) is 5.56 Å². The van der Waals surface area contributed by atoms with Crippen LogP contribution in [0.1, 0.15) is 49.2 Å². The van der Waals surface area contributed by atoms with Gasteiger partial charge in [-0.3, -0.25) is 0 Å². The van der Waals surface area contributed by atoms with Gasteiger partial charge in [0, 0.05) is 5.41 Å². The predicted octanol–water partition coefficient (Wildman–Crippen LogP) is 4.83. The summed E-state index contributed by atoms with van der Waals surface area (Å²) >= 11 is 0. The second kappa shape index (κ2) is 7.81. The fourth-order valence-corrected chi connectivity index (χ4v) is 4.61. The number of nitrogens with zero attached hydrogens (tertiary/aromatic N) is 4. The van der Waals surface area contributed by atoms with Crippen molar-refractivity contribution in [2.75, 3.05) is 14.2 Å².